The Balaban J connectivity index is 1.20. The normalized spacial score (nSPS) is 14.1. The second-order valence-corrected chi connectivity index (χ2v) is 8.33. The van der Waals surface area contributed by atoms with E-state index in [2.05, 4.69) is 9.97 Å². The molecule has 1 aliphatic rings. The third-order valence-corrected chi connectivity index (χ3v) is 6.27. The number of nitrogens with zero attached hydrogens (tertiary/aromatic N) is 3. The first-order valence-corrected chi connectivity index (χ1v) is 11.0. The number of imidazole rings is 1. The van der Waals surface area contributed by atoms with Gasteiger partial charge in [-0.1, -0.05) is 18.2 Å². The maximum absolute atomic E-state index is 13.0. The molecule has 8 heteroatoms. The molecule has 2 aromatic heterocycles. The van der Waals surface area contributed by atoms with Gasteiger partial charge in [0.25, 0.3) is 5.91 Å². The Bertz CT molecular complexity index is 1370. The molecule has 3 heterocycles. The van der Waals surface area contributed by atoms with Crippen molar-refractivity contribution in [2.45, 2.75) is 13.3 Å². The molecule has 5 rings (SSSR count). The minimum Gasteiger partial charge on any atom is -0.361 e. The van der Waals surface area contributed by atoms with Crippen LogP contribution in [0.2, 0.25) is 0 Å². The first-order valence-electron chi connectivity index (χ1n) is 11.0. The van der Waals surface area contributed by atoms with E-state index >= 15 is 0 Å². The van der Waals surface area contributed by atoms with Crippen molar-refractivity contribution in [2.24, 2.45) is 0 Å². The SMILES string of the molecule is Cc1c[nH]c(=O)n1-c1ccc(C(=O)N2CCN(C(=O)Cc3c[nH]c4ccccc34)CC2)cc1. The zero-order chi connectivity index (χ0) is 22.9. The Hall–Kier alpha value is -4.07. The summed E-state index contributed by atoms with van der Waals surface area (Å²) >= 11 is 0. The van der Waals surface area contributed by atoms with Gasteiger partial charge >= 0.3 is 5.69 Å². The van der Waals surface area contributed by atoms with Crippen molar-refractivity contribution in [3.8, 4) is 5.69 Å². The van der Waals surface area contributed by atoms with Crippen LogP contribution >= 0.6 is 0 Å². The Morgan fingerprint density at radius 1 is 0.879 bits per heavy atom. The summed E-state index contributed by atoms with van der Waals surface area (Å²) in [6.07, 6.45) is 3.90. The molecule has 0 spiro atoms. The number of carbonyl (C=O) groups excluding carboxylic acids is 2. The molecule has 0 saturated carbocycles. The molecule has 0 atom stereocenters. The molecule has 0 bridgehead atoms. The summed E-state index contributed by atoms with van der Waals surface area (Å²) in [5.74, 6) is 0.00642. The van der Waals surface area contributed by atoms with Crippen molar-refractivity contribution in [3.63, 3.8) is 0 Å². The lowest BCUT2D eigenvalue weighted by Crippen LogP contribution is -2.51. The second-order valence-electron chi connectivity index (χ2n) is 8.33. The smallest absolute Gasteiger partial charge is 0.330 e. The lowest BCUT2D eigenvalue weighted by atomic mass is 10.1. The molecule has 0 aliphatic carbocycles. The van der Waals surface area contributed by atoms with Gasteiger partial charge in [0, 0.05) is 60.7 Å². The van der Waals surface area contributed by atoms with E-state index in [0.29, 0.717) is 43.9 Å². The van der Waals surface area contributed by atoms with Crippen molar-refractivity contribution in [1.82, 2.24) is 24.3 Å². The van der Waals surface area contributed by atoms with E-state index in [4.69, 9.17) is 0 Å². The summed E-state index contributed by atoms with van der Waals surface area (Å²) in [6.45, 7) is 3.87. The largest absolute Gasteiger partial charge is 0.361 e. The van der Waals surface area contributed by atoms with Crippen LogP contribution in [0.3, 0.4) is 0 Å². The molecule has 8 nitrogen and oxygen atoms in total. The number of rotatable bonds is 4. The number of carbonyl (C=O) groups is 2. The fourth-order valence-electron chi connectivity index (χ4n) is 4.42. The van der Waals surface area contributed by atoms with E-state index in [1.54, 1.807) is 39.9 Å². The van der Waals surface area contributed by atoms with Crippen molar-refractivity contribution in [2.75, 3.05) is 26.2 Å². The first-order chi connectivity index (χ1) is 16.0. The standard InChI is InChI=1S/C25H25N5O3/c1-17-15-27-25(33)30(17)20-8-6-18(7-9-20)24(32)29-12-10-28(11-13-29)23(31)14-19-16-26-22-5-3-2-4-21(19)22/h2-9,15-16,26H,10-14H2,1H3,(H,27,33). The summed E-state index contributed by atoms with van der Waals surface area (Å²) in [4.78, 5) is 47.2. The number of piperazine rings is 1. The maximum Gasteiger partial charge on any atom is 0.330 e. The second kappa shape index (κ2) is 8.46. The van der Waals surface area contributed by atoms with Gasteiger partial charge < -0.3 is 19.8 Å². The van der Waals surface area contributed by atoms with E-state index in [-0.39, 0.29) is 17.5 Å². The molecule has 1 fully saturated rings. The minimum atomic E-state index is -0.208. The van der Waals surface area contributed by atoms with E-state index < -0.39 is 0 Å². The molecule has 33 heavy (non-hydrogen) atoms. The number of nitrogens with one attached hydrogen (secondary N) is 2. The van der Waals surface area contributed by atoms with Crippen molar-refractivity contribution in [1.29, 1.82) is 0 Å². The average molecular weight is 444 g/mol. The van der Waals surface area contributed by atoms with Crippen LogP contribution in [-0.4, -0.2) is 62.3 Å². The number of para-hydroxylation sites is 1. The van der Waals surface area contributed by atoms with Crippen LogP contribution in [0.5, 0.6) is 0 Å². The van der Waals surface area contributed by atoms with Crippen molar-refractivity contribution in [3.05, 3.63) is 88.2 Å². The van der Waals surface area contributed by atoms with Crippen LogP contribution in [0.25, 0.3) is 16.6 Å². The highest BCUT2D eigenvalue weighted by molar-refractivity contribution is 5.94. The number of H-pyrrole nitrogens is 2. The number of aromatic nitrogens is 3. The summed E-state index contributed by atoms with van der Waals surface area (Å²) < 4.78 is 1.56. The molecular weight excluding hydrogens is 418 g/mol. The predicted molar refractivity (Wildman–Crippen MR) is 126 cm³/mol. The van der Waals surface area contributed by atoms with Gasteiger partial charge in [0.2, 0.25) is 5.91 Å². The van der Waals surface area contributed by atoms with Gasteiger partial charge in [-0.3, -0.25) is 14.2 Å². The topological polar surface area (TPSA) is 94.2 Å². The van der Waals surface area contributed by atoms with Gasteiger partial charge in [-0.2, -0.15) is 0 Å². The highest BCUT2D eigenvalue weighted by atomic mass is 16.2. The third kappa shape index (κ3) is 3.95. The summed E-state index contributed by atoms with van der Waals surface area (Å²) in [5.41, 5.74) is 3.89. The van der Waals surface area contributed by atoms with Crippen LogP contribution in [0.15, 0.2) is 65.7 Å². The van der Waals surface area contributed by atoms with Crippen LogP contribution in [0.1, 0.15) is 21.6 Å². The quantitative estimate of drug-likeness (QED) is 0.507. The number of amides is 2. The van der Waals surface area contributed by atoms with Crippen LogP contribution < -0.4 is 5.69 Å². The molecule has 1 saturated heterocycles. The zero-order valence-electron chi connectivity index (χ0n) is 18.4. The average Bonchev–Trinajstić information content (AvgIpc) is 3.41. The monoisotopic (exact) mass is 443 g/mol. The number of benzene rings is 2. The van der Waals surface area contributed by atoms with Gasteiger partial charge in [0.05, 0.1) is 12.1 Å². The maximum atomic E-state index is 13.0. The van der Waals surface area contributed by atoms with Crippen LogP contribution in [0, 0.1) is 6.92 Å². The molecule has 0 unspecified atom stereocenters. The third-order valence-electron chi connectivity index (χ3n) is 6.27. The van der Waals surface area contributed by atoms with E-state index in [1.807, 2.05) is 42.3 Å². The molecular formula is C25H25N5O3. The summed E-state index contributed by atoms with van der Waals surface area (Å²) in [7, 11) is 0. The number of hydrogen-bond donors (Lipinski definition) is 2. The Labute approximate surface area is 190 Å². The first kappa shape index (κ1) is 20.8. The zero-order valence-corrected chi connectivity index (χ0v) is 18.4. The van der Waals surface area contributed by atoms with E-state index in [1.165, 1.54) is 0 Å². The number of aryl methyl sites for hydroxylation is 1. The number of hydrogen-bond acceptors (Lipinski definition) is 3. The molecule has 2 N–H and O–H groups in total. The highest BCUT2D eigenvalue weighted by Crippen LogP contribution is 2.19. The van der Waals surface area contributed by atoms with Crippen molar-refractivity contribution >= 4 is 22.7 Å². The Kier molecular flexibility index (Phi) is 5.34. The molecule has 168 valence electrons. The van der Waals surface area contributed by atoms with Crippen molar-refractivity contribution < 1.29 is 9.59 Å². The van der Waals surface area contributed by atoms with Crippen LogP contribution in [-0.2, 0) is 11.2 Å². The van der Waals surface area contributed by atoms with Gasteiger partial charge in [0.1, 0.15) is 0 Å². The molecule has 4 aromatic rings. The molecule has 2 amide bonds. The summed E-state index contributed by atoms with van der Waals surface area (Å²) in [5, 5.41) is 1.07. The van der Waals surface area contributed by atoms with E-state index in [0.717, 1.165) is 22.2 Å². The summed E-state index contributed by atoms with van der Waals surface area (Å²) in [6, 6.07) is 15.0. The van der Waals surface area contributed by atoms with Gasteiger partial charge in [-0.25, -0.2) is 4.79 Å². The molecule has 2 aromatic carbocycles. The molecule has 1 aliphatic heterocycles. The van der Waals surface area contributed by atoms with Gasteiger partial charge in [-0.05, 0) is 42.8 Å². The van der Waals surface area contributed by atoms with Crippen LogP contribution in [0.4, 0.5) is 0 Å². The number of fused-ring (bicyclic) bond motifs is 1. The van der Waals surface area contributed by atoms with E-state index in [9.17, 15) is 14.4 Å². The minimum absolute atomic E-state index is 0.0663. The highest BCUT2D eigenvalue weighted by Gasteiger charge is 2.25. The van der Waals surface area contributed by atoms with Gasteiger partial charge in [0.15, 0.2) is 0 Å². The Morgan fingerprint density at radius 2 is 1.58 bits per heavy atom. The Morgan fingerprint density at radius 3 is 2.27 bits per heavy atom. The predicted octanol–water partition coefficient (Wildman–Crippen LogP) is 2.48. The lowest BCUT2D eigenvalue weighted by molar-refractivity contribution is -0.131. The lowest BCUT2D eigenvalue weighted by Gasteiger charge is -2.35. The molecule has 0 radical (unpaired) electrons. The number of aromatic amines is 2. The fraction of sp³-hybridized carbons (Fsp3) is 0.240. The fourth-order valence-corrected chi connectivity index (χ4v) is 4.42. The van der Waals surface area contributed by atoms with Gasteiger partial charge in [-0.15, -0.1) is 0 Å².